The van der Waals surface area contributed by atoms with Crippen LogP contribution in [-0.4, -0.2) is 47.6 Å². The number of thioether (sulfide) groups is 1. The van der Waals surface area contributed by atoms with E-state index in [1.54, 1.807) is 7.11 Å². The number of methoxy groups -OCH3 is 1. The first kappa shape index (κ1) is 15.6. The van der Waals surface area contributed by atoms with Crippen LogP contribution in [0.5, 0.6) is 0 Å². The Morgan fingerprint density at radius 1 is 1.47 bits per heavy atom. The lowest BCUT2D eigenvalue weighted by molar-refractivity contribution is -0.164. The number of hydrogen-bond acceptors (Lipinski definition) is 4. The largest absolute Gasteiger partial charge is 0.390 e. The molecule has 3 nitrogen and oxygen atoms in total. The predicted octanol–water partition coefficient (Wildman–Crippen LogP) is 2.85. The summed E-state index contributed by atoms with van der Waals surface area (Å²) in [6.07, 6.45) is 4.67. The average Bonchev–Trinajstić information content (AvgIpc) is 2.46. The molecule has 0 radical (unpaired) electrons. The zero-order valence-corrected chi connectivity index (χ0v) is 13.3. The van der Waals surface area contributed by atoms with E-state index in [-0.39, 0.29) is 5.60 Å². The zero-order valence-electron chi connectivity index (χ0n) is 12.5. The lowest BCUT2D eigenvalue weighted by Gasteiger charge is -2.47. The smallest absolute Gasteiger partial charge is 0.0908 e. The molecule has 2 heterocycles. The Bertz CT molecular complexity index is 280. The van der Waals surface area contributed by atoms with Gasteiger partial charge in [0.1, 0.15) is 0 Å². The maximum absolute atomic E-state index is 10.7. The van der Waals surface area contributed by atoms with Crippen LogP contribution in [0.3, 0.4) is 0 Å². The maximum atomic E-state index is 10.7. The van der Waals surface area contributed by atoms with Crippen LogP contribution in [0.4, 0.5) is 0 Å². The SMILES string of the molecule is CCC(C)(OC)C(O)C1CCOC2(CCSCC2)C1. The molecular weight excluding hydrogens is 260 g/mol. The number of aliphatic hydroxyl groups is 1. The molecule has 0 saturated carbocycles. The Morgan fingerprint density at radius 2 is 2.16 bits per heavy atom. The monoisotopic (exact) mass is 288 g/mol. The molecule has 0 aromatic heterocycles. The molecule has 0 amide bonds. The van der Waals surface area contributed by atoms with E-state index in [9.17, 15) is 5.11 Å². The molecule has 2 fully saturated rings. The molecule has 0 aliphatic carbocycles. The van der Waals surface area contributed by atoms with Gasteiger partial charge in [0.15, 0.2) is 0 Å². The fraction of sp³-hybridized carbons (Fsp3) is 1.00. The number of rotatable bonds is 4. The number of ether oxygens (including phenoxy) is 2. The van der Waals surface area contributed by atoms with E-state index < -0.39 is 11.7 Å². The second kappa shape index (κ2) is 6.33. The third-order valence-electron chi connectivity index (χ3n) is 5.18. The first-order valence-electron chi connectivity index (χ1n) is 7.50. The summed E-state index contributed by atoms with van der Waals surface area (Å²) >= 11 is 2.02. The van der Waals surface area contributed by atoms with Gasteiger partial charge in [-0.25, -0.2) is 0 Å². The van der Waals surface area contributed by atoms with Crippen LogP contribution in [0, 0.1) is 5.92 Å². The van der Waals surface area contributed by atoms with Gasteiger partial charge in [0.05, 0.1) is 17.3 Å². The van der Waals surface area contributed by atoms with Crippen molar-refractivity contribution >= 4 is 11.8 Å². The highest BCUT2D eigenvalue weighted by Gasteiger charge is 2.45. The fourth-order valence-corrected chi connectivity index (χ4v) is 4.64. The van der Waals surface area contributed by atoms with Gasteiger partial charge in [0.25, 0.3) is 0 Å². The van der Waals surface area contributed by atoms with Gasteiger partial charge in [-0.05, 0) is 56.5 Å². The van der Waals surface area contributed by atoms with Gasteiger partial charge >= 0.3 is 0 Å². The molecule has 0 bridgehead atoms. The summed E-state index contributed by atoms with van der Waals surface area (Å²) < 4.78 is 11.7. The fourth-order valence-electron chi connectivity index (χ4n) is 3.40. The predicted molar refractivity (Wildman–Crippen MR) is 79.7 cm³/mol. The van der Waals surface area contributed by atoms with Crippen LogP contribution in [0.25, 0.3) is 0 Å². The molecular formula is C15H28O3S. The Balaban J connectivity index is 2.04. The van der Waals surface area contributed by atoms with Crippen molar-refractivity contribution in [2.75, 3.05) is 25.2 Å². The van der Waals surface area contributed by atoms with Crippen molar-refractivity contribution in [1.82, 2.24) is 0 Å². The highest BCUT2D eigenvalue weighted by Crippen LogP contribution is 2.42. The molecule has 2 aliphatic rings. The summed E-state index contributed by atoms with van der Waals surface area (Å²) in [5.41, 5.74) is -0.385. The second-order valence-electron chi connectivity index (χ2n) is 6.21. The molecule has 1 N–H and O–H groups in total. The standard InChI is InChI=1S/C15H28O3S/c1-4-14(2,17-3)13(16)12-5-8-18-15(11-12)6-9-19-10-7-15/h12-13,16H,4-11H2,1-3H3. The van der Waals surface area contributed by atoms with Crippen molar-refractivity contribution in [1.29, 1.82) is 0 Å². The van der Waals surface area contributed by atoms with Crippen LogP contribution in [0.15, 0.2) is 0 Å². The van der Waals surface area contributed by atoms with Gasteiger partial charge in [0.2, 0.25) is 0 Å². The van der Waals surface area contributed by atoms with Gasteiger partial charge in [-0.3, -0.25) is 0 Å². The van der Waals surface area contributed by atoms with E-state index in [4.69, 9.17) is 9.47 Å². The Labute approximate surface area is 121 Å². The van der Waals surface area contributed by atoms with Crippen molar-refractivity contribution in [2.24, 2.45) is 5.92 Å². The second-order valence-corrected chi connectivity index (χ2v) is 7.44. The Hall–Kier alpha value is 0.230. The van der Waals surface area contributed by atoms with Crippen molar-refractivity contribution in [3.8, 4) is 0 Å². The van der Waals surface area contributed by atoms with E-state index in [0.717, 1.165) is 38.7 Å². The molecule has 2 rings (SSSR count). The molecule has 19 heavy (non-hydrogen) atoms. The summed E-state index contributed by atoms with van der Waals surface area (Å²) in [4.78, 5) is 0. The summed E-state index contributed by atoms with van der Waals surface area (Å²) in [5, 5.41) is 10.7. The maximum Gasteiger partial charge on any atom is 0.0908 e. The van der Waals surface area contributed by atoms with Gasteiger partial charge in [-0.15, -0.1) is 0 Å². The van der Waals surface area contributed by atoms with Gasteiger partial charge in [0, 0.05) is 13.7 Å². The lowest BCUT2D eigenvalue weighted by Crippen LogP contribution is -2.51. The molecule has 112 valence electrons. The van der Waals surface area contributed by atoms with Gasteiger partial charge in [-0.1, -0.05) is 6.92 Å². The van der Waals surface area contributed by atoms with E-state index in [0.29, 0.717) is 5.92 Å². The number of aliphatic hydroxyl groups excluding tert-OH is 1. The van der Waals surface area contributed by atoms with Crippen molar-refractivity contribution < 1.29 is 14.6 Å². The third kappa shape index (κ3) is 3.29. The van der Waals surface area contributed by atoms with Crippen LogP contribution < -0.4 is 0 Å². The van der Waals surface area contributed by atoms with Crippen molar-refractivity contribution in [2.45, 2.75) is 63.3 Å². The Morgan fingerprint density at radius 3 is 2.74 bits per heavy atom. The van der Waals surface area contributed by atoms with Crippen LogP contribution in [0.1, 0.15) is 46.0 Å². The molecule has 2 aliphatic heterocycles. The normalized spacial score (nSPS) is 31.9. The summed E-state index contributed by atoms with van der Waals surface area (Å²) in [7, 11) is 1.71. The van der Waals surface area contributed by atoms with Crippen molar-refractivity contribution in [3.63, 3.8) is 0 Å². The first-order chi connectivity index (χ1) is 9.05. The molecule has 1 spiro atoms. The molecule has 4 heteroatoms. The Kier molecular flexibility index (Phi) is 5.21. The molecule has 0 aromatic carbocycles. The van der Waals surface area contributed by atoms with Gasteiger partial charge < -0.3 is 14.6 Å². The molecule has 3 atom stereocenters. The average molecular weight is 288 g/mol. The minimum Gasteiger partial charge on any atom is -0.390 e. The van der Waals surface area contributed by atoms with E-state index >= 15 is 0 Å². The quantitative estimate of drug-likeness (QED) is 0.863. The third-order valence-corrected chi connectivity index (χ3v) is 6.16. The molecule has 2 saturated heterocycles. The summed E-state index contributed by atoms with van der Waals surface area (Å²) in [6, 6.07) is 0. The molecule has 0 aromatic rings. The van der Waals surface area contributed by atoms with Crippen LogP contribution in [-0.2, 0) is 9.47 Å². The van der Waals surface area contributed by atoms with E-state index in [2.05, 4.69) is 6.92 Å². The molecule has 3 unspecified atom stereocenters. The van der Waals surface area contributed by atoms with Gasteiger partial charge in [-0.2, -0.15) is 11.8 Å². The zero-order chi connectivity index (χ0) is 13.9. The topological polar surface area (TPSA) is 38.7 Å². The van der Waals surface area contributed by atoms with E-state index in [1.165, 1.54) is 11.5 Å². The first-order valence-corrected chi connectivity index (χ1v) is 8.66. The number of hydrogen-bond donors (Lipinski definition) is 1. The van der Waals surface area contributed by atoms with Crippen LogP contribution >= 0.6 is 11.8 Å². The van der Waals surface area contributed by atoms with Crippen LogP contribution in [0.2, 0.25) is 0 Å². The minimum absolute atomic E-state index is 0.0392. The van der Waals surface area contributed by atoms with Crippen molar-refractivity contribution in [3.05, 3.63) is 0 Å². The lowest BCUT2D eigenvalue weighted by atomic mass is 9.75. The summed E-state index contributed by atoms with van der Waals surface area (Å²) in [5.74, 6) is 2.69. The van der Waals surface area contributed by atoms with E-state index in [1.807, 2.05) is 18.7 Å². The highest BCUT2D eigenvalue weighted by molar-refractivity contribution is 7.99. The minimum atomic E-state index is -0.424. The summed E-state index contributed by atoms with van der Waals surface area (Å²) in [6.45, 7) is 4.89. The highest BCUT2D eigenvalue weighted by atomic mass is 32.2.